The first kappa shape index (κ1) is 22.8. The van der Waals surface area contributed by atoms with Gasteiger partial charge < -0.3 is 9.73 Å². The van der Waals surface area contributed by atoms with Gasteiger partial charge in [0.15, 0.2) is 0 Å². The SMILES string of the molecule is O=C(CN(Cc1ccco1)S(=O)(=O)c1cccc(Cl)c1)Nc1ccc(Cl)c([N+](=O)[O-])c1. The number of nitro benzene ring substituents is 1. The number of halogens is 2. The van der Waals surface area contributed by atoms with Crippen molar-refractivity contribution in [2.24, 2.45) is 0 Å². The summed E-state index contributed by atoms with van der Waals surface area (Å²) in [6, 6.07) is 12.5. The van der Waals surface area contributed by atoms with Gasteiger partial charge in [0.1, 0.15) is 10.8 Å². The van der Waals surface area contributed by atoms with Crippen molar-refractivity contribution in [3.63, 3.8) is 0 Å². The van der Waals surface area contributed by atoms with Crippen molar-refractivity contribution < 1.29 is 22.6 Å². The van der Waals surface area contributed by atoms with Crippen LogP contribution in [0.1, 0.15) is 5.76 Å². The van der Waals surface area contributed by atoms with E-state index in [9.17, 15) is 23.3 Å². The third-order valence-corrected chi connectivity index (χ3v) is 6.44. The molecule has 1 amide bonds. The van der Waals surface area contributed by atoms with E-state index in [1.165, 1.54) is 42.7 Å². The number of furan rings is 1. The summed E-state index contributed by atoms with van der Waals surface area (Å²) in [5.41, 5.74) is -0.294. The number of rotatable bonds is 8. The number of benzene rings is 2. The van der Waals surface area contributed by atoms with Gasteiger partial charge in [-0.2, -0.15) is 4.31 Å². The molecule has 0 saturated heterocycles. The highest BCUT2D eigenvalue weighted by atomic mass is 35.5. The minimum absolute atomic E-state index is 0.0917. The van der Waals surface area contributed by atoms with E-state index < -0.39 is 33.1 Å². The quantitative estimate of drug-likeness (QED) is 0.375. The zero-order valence-corrected chi connectivity index (χ0v) is 18.0. The van der Waals surface area contributed by atoms with Crippen molar-refractivity contribution in [3.05, 3.63) is 86.8 Å². The van der Waals surface area contributed by atoms with Crippen molar-refractivity contribution in [3.8, 4) is 0 Å². The summed E-state index contributed by atoms with van der Waals surface area (Å²) in [5.74, 6) is -0.394. The Hall–Kier alpha value is -2.92. The van der Waals surface area contributed by atoms with E-state index in [0.29, 0.717) is 5.76 Å². The minimum Gasteiger partial charge on any atom is -0.468 e. The zero-order chi connectivity index (χ0) is 22.6. The molecule has 2 aromatic carbocycles. The highest BCUT2D eigenvalue weighted by Crippen LogP contribution is 2.27. The summed E-state index contributed by atoms with van der Waals surface area (Å²) in [6.45, 7) is -0.790. The van der Waals surface area contributed by atoms with Crippen LogP contribution in [0.3, 0.4) is 0 Å². The number of hydrogen-bond acceptors (Lipinski definition) is 6. The summed E-state index contributed by atoms with van der Waals surface area (Å²) in [5, 5.41) is 13.6. The fourth-order valence-corrected chi connectivity index (χ4v) is 4.52. The Bertz CT molecular complexity index is 1220. The lowest BCUT2D eigenvalue weighted by Gasteiger charge is -2.21. The van der Waals surface area contributed by atoms with E-state index in [2.05, 4.69) is 5.32 Å². The number of carbonyl (C=O) groups excluding carboxylic acids is 1. The molecular formula is C19H15Cl2N3O6S. The van der Waals surface area contributed by atoms with Gasteiger partial charge in [0, 0.05) is 16.8 Å². The third-order valence-electron chi connectivity index (χ3n) is 4.09. The van der Waals surface area contributed by atoms with Crippen LogP contribution < -0.4 is 5.32 Å². The van der Waals surface area contributed by atoms with Crippen LogP contribution in [0, 0.1) is 10.1 Å². The number of sulfonamides is 1. The molecule has 0 bridgehead atoms. The fourth-order valence-electron chi connectivity index (χ4n) is 2.67. The van der Waals surface area contributed by atoms with Crippen molar-refractivity contribution in [2.75, 3.05) is 11.9 Å². The summed E-state index contributed by atoms with van der Waals surface area (Å²) in [7, 11) is -4.12. The maximum Gasteiger partial charge on any atom is 0.289 e. The van der Waals surface area contributed by atoms with Crippen molar-refractivity contribution in [1.29, 1.82) is 0 Å². The zero-order valence-electron chi connectivity index (χ0n) is 15.7. The van der Waals surface area contributed by atoms with E-state index >= 15 is 0 Å². The van der Waals surface area contributed by atoms with Crippen LogP contribution in [-0.4, -0.2) is 30.1 Å². The number of carbonyl (C=O) groups is 1. The molecule has 0 unspecified atom stereocenters. The van der Waals surface area contributed by atoms with Crippen LogP contribution in [0.4, 0.5) is 11.4 Å². The molecule has 1 aromatic heterocycles. The van der Waals surface area contributed by atoms with Gasteiger partial charge >= 0.3 is 0 Å². The molecule has 1 N–H and O–H groups in total. The van der Waals surface area contributed by atoms with E-state index in [0.717, 1.165) is 10.4 Å². The lowest BCUT2D eigenvalue weighted by Crippen LogP contribution is -2.37. The van der Waals surface area contributed by atoms with Gasteiger partial charge in [-0.3, -0.25) is 14.9 Å². The molecule has 162 valence electrons. The Balaban J connectivity index is 1.86. The van der Waals surface area contributed by atoms with Crippen molar-refractivity contribution in [2.45, 2.75) is 11.4 Å². The van der Waals surface area contributed by atoms with Gasteiger partial charge in [0.2, 0.25) is 15.9 Å². The minimum atomic E-state index is -4.12. The summed E-state index contributed by atoms with van der Waals surface area (Å²) in [6.07, 6.45) is 1.38. The molecule has 0 saturated carbocycles. The summed E-state index contributed by atoms with van der Waals surface area (Å²) < 4.78 is 32.4. The third kappa shape index (κ3) is 5.61. The lowest BCUT2D eigenvalue weighted by molar-refractivity contribution is -0.384. The predicted octanol–water partition coefficient (Wildman–Crippen LogP) is 4.32. The maximum atomic E-state index is 13.1. The molecular weight excluding hydrogens is 469 g/mol. The molecule has 0 fully saturated rings. The lowest BCUT2D eigenvalue weighted by atomic mass is 10.3. The highest BCUT2D eigenvalue weighted by Gasteiger charge is 2.28. The average Bonchev–Trinajstić information content (AvgIpc) is 3.22. The molecule has 12 heteroatoms. The molecule has 0 spiro atoms. The van der Waals surface area contributed by atoms with E-state index in [1.54, 1.807) is 12.1 Å². The van der Waals surface area contributed by atoms with Crippen LogP contribution in [0.25, 0.3) is 0 Å². The Labute approximate surface area is 187 Å². The number of amides is 1. The topological polar surface area (TPSA) is 123 Å². The normalized spacial score (nSPS) is 11.5. The number of nitrogens with one attached hydrogen (secondary N) is 1. The molecule has 0 aliphatic heterocycles. The second-order valence-electron chi connectivity index (χ2n) is 6.28. The van der Waals surface area contributed by atoms with Crippen LogP contribution in [0.15, 0.2) is 70.2 Å². The van der Waals surface area contributed by atoms with Crippen LogP contribution in [0.2, 0.25) is 10.0 Å². The van der Waals surface area contributed by atoms with E-state index in [-0.39, 0.29) is 27.2 Å². The number of anilines is 1. The van der Waals surface area contributed by atoms with Crippen LogP contribution in [0.5, 0.6) is 0 Å². The molecule has 0 radical (unpaired) electrons. The monoisotopic (exact) mass is 483 g/mol. The first-order valence-electron chi connectivity index (χ1n) is 8.69. The Kier molecular flexibility index (Phi) is 6.96. The van der Waals surface area contributed by atoms with Crippen LogP contribution >= 0.6 is 23.2 Å². The summed E-state index contributed by atoms with van der Waals surface area (Å²) >= 11 is 11.7. The fraction of sp³-hybridized carbons (Fsp3) is 0.105. The van der Waals surface area contributed by atoms with Crippen molar-refractivity contribution in [1.82, 2.24) is 4.31 Å². The van der Waals surface area contributed by atoms with Gasteiger partial charge in [0.25, 0.3) is 5.69 Å². The molecule has 0 aliphatic carbocycles. The van der Waals surface area contributed by atoms with Crippen LogP contribution in [-0.2, 0) is 21.4 Å². The summed E-state index contributed by atoms with van der Waals surface area (Å²) in [4.78, 5) is 22.8. The van der Waals surface area contributed by atoms with E-state index in [4.69, 9.17) is 27.6 Å². The second kappa shape index (κ2) is 9.48. The van der Waals surface area contributed by atoms with Gasteiger partial charge in [0.05, 0.1) is 29.2 Å². The number of nitrogens with zero attached hydrogens (tertiary/aromatic N) is 2. The average molecular weight is 484 g/mol. The largest absolute Gasteiger partial charge is 0.468 e. The Morgan fingerprint density at radius 1 is 1.13 bits per heavy atom. The Morgan fingerprint density at radius 3 is 2.55 bits per heavy atom. The number of hydrogen-bond donors (Lipinski definition) is 1. The van der Waals surface area contributed by atoms with Gasteiger partial charge in [-0.1, -0.05) is 29.3 Å². The standard InChI is InChI=1S/C19H15Cl2N3O6S/c20-13-3-1-5-16(9-13)31(28,29)23(11-15-4-2-8-30-15)12-19(25)22-14-6-7-17(21)18(10-14)24(26)27/h1-10H,11-12H2,(H,22,25). The second-order valence-corrected chi connectivity index (χ2v) is 9.06. The Morgan fingerprint density at radius 2 is 1.90 bits per heavy atom. The van der Waals surface area contributed by atoms with Gasteiger partial charge in [-0.25, -0.2) is 8.42 Å². The molecule has 3 aromatic rings. The first-order chi connectivity index (χ1) is 14.7. The molecule has 0 atom stereocenters. The molecule has 9 nitrogen and oxygen atoms in total. The van der Waals surface area contributed by atoms with Gasteiger partial charge in [-0.15, -0.1) is 0 Å². The molecule has 1 heterocycles. The molecule has 3 rings (SSSR count). The molecule has 31 heavy (non-hydrogen) atoms. The first-order valence-corrected chi connectivity index (χ1v) is 10.9. The van der Waals surface area contributed by atoms with Gasteiger partial charge in [-0.05, 0) is 42.5 Å². The van der Waals surface area contributed by atoms with Crippen molar-refractivity contribution >= 4 is 50.5 Å². The molecule has 0 aliphatic rings. The highest BCUT2D eigenvalue weighted by molar-refractivity contribution is 7.89. The smallest absolute Gasteiger partial charge is 0.289 e. The maximum absolute atomic E-state index is 13.1. The number of nitro groups is 1. The predicted molar refractivity (Wildman–Crippen MR) is 114 cm³/mol. The van der Waals surface area contributed by atoms with E-state index in [1.807, 2.05) is 0 Å².